The molecule has 1 aliphatic heterocycles. The molecule has 0 spiro atoms. The molecule has 0 atom stereocenters. The van der Waals surface area contributed by atoms with E-state index in [1.54, 1.807) is 18.2 Å². The predicted molar refractivity (Wildman–Crippen MR) is 42.9 cm³/mol. The van der Waals surface area contributed by atoms with Gasteiger partial charge in [-0.15, -0.1) is 0 Å². The zero-order valence-corrected chi connectivity index (χ0v) is 6.87. The molecule has 0 aromatic carbocycles. The SMILES string of the molecule is CCNC(=O)C1=CC=CCOO1. The van der Waals surface area contributed by atoms with Crippen LogP contribution in [0.15, 0.2) is 24.0 Å². The number of rotatable bonds is 2. The summed E-state index contributed by atoms with van der Waals surface area (Å²) < 4.78 is 0. The molecular formula is C8H11NO3. The summed E-state index contributed by atoms with van der Waals surface area (Å²) in [4.78, 5) is 20.5. The minimum absolute atomic E-state index is 0.186. The summed E-state index contributed by atoms with van der Waals surface area (Å²) in [5.41, 5.74) is 0. The van der Waals surface area contributed by atoms with Gasteiger partial charge in [-0.25, -0.2) is 0 Å². The van der Waals surface area contributed by atoms with E-state index in [9.17, 15) is 4.79 Å². The molecule has 0 bridgehead atoms. The fourth-order valence-electron chi connectivity index (χ4n) is 0.737. The van der Waals surface area contributed by atoms with Crippen LogP contribution in [-0.4, -0.2) is 19.1 Å². The summed E-state index contributed by atoms with van der Waals surface area (Å²) in [7, 11) is 0. The van der Waals surface area contributed by atoms with Gasteiger partial charge in [0.1, 0.15) is 6.61 Å². The summed E-state index contributed by atoms with van der Waals surface area (Å²) in [6.45, 7) is 2.77. The summed E-state index contributed by atoms with van der Waals surface area (Å²) in [5.74, 6) is -0.0744. The Hall–Kier alpha value is -1.29. The minimum atomic E-state index is -0.260. The highest BCUT2D eigenvalue weighted by Crippen LogP contribution is 2.02. The van der Waals surface area contributed by atoms with E-state index in [0.29, 0.717) is 13.2 Å². The maximum Gasteiger partial charge on any atom is 0.290 e. The van der Waals surface area contributed by atoms with Crippen molar-refractivity contribution in [2.75, 3.05) is 13.2 Å². The van der Waals surface area contributed by atoms with Gasteiger partial charge in [0.2, 0.25) is 5.76 Å². The maximum absolute atomic E-state index is 11.1. The molecule has 1 rings (SSSR count). The Kier molecular flexibility index (Phi) is 3.35. The van der Waals surface area contributed by atoms with Gasteiger partial charge in [0.25, 0.3) is 5.91 Å². The molecule has 4 nitrogen and oxygen atoms in total. The molecule has 4 heteroatoms. The van der Waals surface area contributed by atoms with Crippen LogP contribution in [0.25, 0.3) is 0 Å². The highest BCUT2D eigenvalue weighted by Gasteiger charge is 2.10. The summed E-state index contributed by atoms with van der Waals surface area (Å²) >= 11 is 0. The molecule has 0 aliphatic carbocycles. The zero-order valence-electron chi connectivity index (χ0n) is 6.87. The largest absolute Gasteiger partial charge is 0.350 e. The summed E-state index contributed by atoms with van der Waals surface area (Å²) in [5, 5.41) is 2.60. The molecule has 0 unspecified atom stereocenters. The lowest BCUT2D eigenvalue weighted by molar-refractivity contribution is -0.250. The number of amides is 1. The van der Waals surface area contributed by atoms with Crippen LogP contribution in [0.3, 0.4) is 0 Å². The Balaban J connectivity index is 2.54. The Labute approximate surface area is 70.8 Å². The Morgan fingerprint density at radius 2 is 2.58 bits per heavy atom. The third-order valence-corrected chi connectivity index (χ3v) is 1.26. The zero-order chi connectivity index (χ0) is 8.81. The molecule has 66 valence electrons. The topological polar surface area (TPSA) is 47.6 Å². The first-order valence-electron chi connectivity index (χ1n) is 3.79. The van der Waals surface area contributed by atoms with Crippen molar-refractivity contribution in [3.63, 3.8) is 0 Å². The number of likely N-dealkylation sites (N-methyl/N-ethyl adjacent to an activating group) is 1. The van der Waals surface area contributed by atoms with E-state index in [2.05, 4.69) is 10.2 Å². The van der Waals surface area contributed by atoms with Crippen molar-refractivity contribution in [1.29, 1.82) is 0 Å². The second kappa shape index (κ2) is 4.56. The lowest BCUT2D eigenvalue weighted by Gasteiger charge is -2.04. The number of hydrogen-bond donors (Lipinski definition) is 1. The van der Waals surface area contributed by atoms with Crippen LogP contribution in [0, 0.1) is 0 Å². The number of carbonyl (C=O) groups is 1. The van der Waals surface area contributed by atoms with Gasteiger partial charge in [-0.3, -0.25) is 4.79 Å². The molecule has 0 radical (unpaired) electrons. The molecule has 1 N–H and O–H groups in total. The van der Waals surface area contributed by atoms with Crippen molar-refractivity contribution in [1.82, 2.24) is 5.32 Å². The molecule has 1 heterocycles. The number of hydrogen-bond acceptors (Lipinski definition) is 3. The van der Waals surface area contributed by atoms with Crippen LogP contribution in [0.4, 0.5) is 0 Å². The van der Waals surface area contributed by atoms with Crippen LogP contribution in [0.2, 0.25) is 0 Å². The standard InChI is InChI=1S/C8H11NO3/c1-2-9-8(10)7-5-3-4-6-11-12-7/h3-5H,2,6H2,1H3,(H,9,10). The first kappa shape index (κ1) is 8.80. The molecule has 0 saturated heterocycles. The fourth-order valence-corrected chi connectivity index (χ4v) is 0.737. The maximum atomic E-state index is 11.1. The van der Waals surface area contributed by atoms with Gasteiger partial charge < -0.3 is 10.2 Å². The monoisotopic (exact) mass is 169 g/mol. The predicted octanol–water partition coefficient (Wildman–Crippen LogP) is 0.524. The number of carbonyl (C=O) groups excluding carboxylic acids is 1. The van der Waals surface area contributed by atoms with E-state index in [0.717, 1.165) is 0 Å². The average molecular weight is 169 g/mol. The number of allylic oxidation sites excluding steroid dienone is 2. The Morgan fingerprint density at radius 1 is 1.75 bits per heavy atom. The minimum Gasteiger partial charge on any atom is -0.350 e. The van der Waals surface area contributed by atoms with Gasteiger partial charge in [-0.05, 0) is 13.0 Å². The van der Waals surface area contributed by atoms with Crippen molar-refractivity contribution < 1.29 is 14.6 Å². The first-order chi connectivity index (χ1) is 5.84. The first-order valence-corrected chi connectivity index (χ1v) is 3.79. The smallest absolute Gasteiger partial charge is 0.290 e. The molecule has 1 aliphatic rings. The number of nitrogens with one attached hydrogen (secondary N) is 1. The van der Waals surface area contributed by atoms with E-state index in [1.807, 2.05) is 6.92 Å². The van der Waals surface area contributed by atoms with Crippen molar-refractivity contribution in [3.05, 3.63) is 24.0 Å². The van der Waals surface area contributed by atoms with E-state index in [1.165, 1.54) is 0 Å². The highest BCUT2D eigenvalue weighted by atomic mass is 17.2. The van der Waals surface area contributed by atoms with Crippen LogP contribution < -0.4 is 5.32 Å². The third kappa shape index (κ3) is 2.39. The average Bonchev–Trinajstić information content (AvgIpc) is 2.32. The Bertz CT molecular complexity index is 220. The van der Waals surface area contributed by atoms with Gasteiger partial charge in [-0.2, -0.15) is 4.89 Å². The van der Waals surface area contributed by atoms with Gasteiger partial charge >= 0.3 is 0 Å². The molecule has 0 saturated carbocycles. The van der Waals surface area contributed by atoms with Gasteiger partial charge in [0.15, 0.2) is 0 Å². The normalized spacial score (nSPS) is 15.9. The van der Waals surface area contributed by atoms with Crippen LogP contribution in [-0.2, 0) is 14.6 Å². The summed E-state index contributed by atoms with van der Waals surface area (Å²) in [6.07, 6.45) is 5.04. The van der Waals surface area contributed by atoms with Gasteiger partial charge in [-0.1, -0.05) is 12.2 Å². The van der Waals surface area contributed by atoms with Gasteiger partial charge in [0, 0.05) is 6.54 Å². The molecule has 0 aromatic heterocycles. The van der Waals surface area contributed by atoms with Crippen molar-refractivity contribution in [3.8, 4) is 0 Å². The second-order valence-electron chi connectivity index (χ2n) is 2.19. The van der Waals surface area contributed by atoms with Crippen molar-refractivity contribution >= 4 is 5.91 Å². The van der Waals surface area contributed by atoms with E-state index >= 15 is 0 Å². The van der Waals surface area contributed by atoms with Crippen LogP contribution in [0.5, 0.6) is 0 Å². The summed E-state index contributed by atoms with van der Waals surface area (Å²) in [6, 6.07) is 0. The lowest BCUT2D eigenvalue weighted by atomic mass is 10.4. The van der Waals surface area contributed by atoms with Crippen molar-refractivity contribution in [2.45, 2.75) is 6.92 Å². The van der Waals surface area contributed by atoms with Crippen LogP contribution in [0.1, 0.15) is 6.92 Å². The fraction of sp³-hybridized carbons (Fsp3) is 0.375. The molecular weight excluding hydrogens is 158 g/mol. The second-order valence-corrected chi connectivity index (χ2v) is 2.19. The van der Waals surface area contributed by atoms with Crippen molar-refractivity contribution in [2.24, 2.45) is 0 Å². The highest BCUT2D eigenvalue weighted by molar-refractivity contribution is 5.91. The Morgan fingerprint density at radius 3 is 3.33 bits per heavy atom. The molecule has 12 heavy (non-hydrogen) atoms. The van der Waals surface area contributed by atoms with Gasteiger partial charge in [0.05, 0.1) is 0 Å². The molecule has 0 fully saturated rings. The van der Waals surface area contributed by atoms with E-state index in [-0.39, 0.29) is 11.7 Å². The molecule has 1 amide bonds. The lowest BCUT2D eigenvalue weighted by Crippen LogP contribution is -2.25. The third-order valence-electron chi connectivity index (χ3n) is 1.26. The molecule has 0 aromatic rings. The quantitative estimate of drug-likeness (QED) is 0.613. The van der Waals surface area contributed by atoms with Crippen LogP contribution >= 0.6 is 0 Å². The van der Waals surface area contributed by atoms with E-state index in [4.69, 9.17) is 4.89 Å². The van der Waals surface area contributed by atoms with E-state index < -0.39 is 0 Å².